The van der Waals surface area contributed by atoms with Gasteiger partial charge in [-0.3, -0.25) is 9.36 Å². The van der Waals surface area contributed by atoms with Gasteiger partial charge < -0.3 is 9.67 Å². The third-order valence-corrected chi connectivity index (χ3v) is 2.22. The summed E-state index contributed by atoms with van der Waals surface area (Å²) in [4.78, 5) is 23.0. The van der Waals surface area contributed by atoms with E-state index < -0.39 is 17.4 Å². The summed E-state index contributed by atoms with van der Waals surface area (Å²) in [5, 5.41) is 9.64. The molecule has 0 radical (unpaired) electrons. The summed E-state index contributed by atoms with van der Waals surface area (Å²) in [6.45, 7) is 3.48. The molecule has 1 rings (SSSR count). The van der Waals surface area contributed by atoms with Crippen LogP contribution in [0.5, 0.6) is 0 Å². The van der Waals surface area contributed by atoms with Crippen molar-refractivity contribution >= 4 is 0 Å². The van der Waals surface area contributed by atoms with E-state index in [0.29, 0.717) is 0 Å². The van der Waals surface area contributed by atoms with Crippen LogP contribution in [0, 0.1) is 0 Å². The summed E-state index contributed by atoms with van der Waals surface area (Å²) in [6, 6.07) is 0. The fraction of sp³-hybridized carbons (Fsp3) is 0.400. The number of hydrogen-bond acceptors (Lipinski definition) is 3. The zero-order chi connectivity index (χ0) is 11.6. The number of hydrogen-bond donors (Lipinski definition) is 1. The largest absolute Gasteiger partial charge is 0.388 e. The number of rotatable bonds is 3. The average molecular weight is 210 g/mol. The first-order valence-electron chi connectivity index (χ1n) is 4.54. The summed E-state index contributed by atoms with van der Waals surface area (Å²) < 4.78 is 2.24. The van der Waals surface area contributed by atoms with E-state index in [9.17, 15) is 14.7 Å². The fourth-order valence-electron chi connectivity index (χ4n) is 1.35. The van der Waals surface area contributed by atoms with Crippen molar-refractivity contribution in [3.05, 3.63) is 45.3 Å². The molecular weight excluding hydrogens is 196 g/mol. The summed E-state index contributed by atoms with van der Waals surface area (Å²) in [7, 11) is 2.92. The minimum Gasteiger partial charge on any atom is -0.388 e. The van der Waals surface area contributed by atoms with Crippen LogP contribution in [0.1, 0.15) is 18.1 Å². The minimum absolute atomic E-state index is 0.208. The van der Waals surface area contributed by atoms with E-state index in [2.05, 4.69) is 6.58 Å². The van der Waals surface area contributed by atoms with Crippen molar-refractivity contribution in [1.82, 2.24) is 9.13 Å². The molecule has 0 bridgehead atoms. The quantitative estimate of drug-likeness (QED) is 0.696. The van der Waals surface area contributed by atoms with Gasteiger partial charge in [-0.1, -0.05) is 6.08 Å². The van der Waals surface area contributed by atoms with Crippen molar-refractivity contribution < 1.29 is 5.11 Å². The zero-order valence-corrected chi connectivity index (χ0v) is 8.80. The molecular formula is C10H14N2O3. The van der Waals surface area contributed by atoms with Crippen molar-refractivity contribution in [2.24, 2.45) is 14.1 Å². The van der Waals surface area contributed by atoms with Crippen LogP contribution in [0.25, 0.3) is 0 Å². The molecule has 1 N–H and O–H groups in total. The third-order valence-electron chi connectivity index (χ3n) is 2.22. The van der Waals surface area contributed by atoms with Gasteiger partial charge in [0.05, 0.1) is 11.7 Å². The van der Waals surface area contributed by atoms with E-state index in [4.69, 9.17) is 0 Å². The van der Waals surface area contributed by atoms with Crippen molar-refractivity contribution in [2.75, 3.05) is 0 Å². The number of aryl methyl sites for hydroxylation is 1. The van der Waals surface area contributed by atoms with E-state index in [1.807, 2.05) is 0 Å². The number of aliphatic hydroxyl groups is 1. The van der Waals surface area contributed by atoms with E-state index in [-0.39, 0.29) is 12.0 Å². The average Bonchev–Trinajstić information content (AvgIpc) is 2.20. The van der Waals surface area contributed by atoms with Gasteiger partial charge in [0, 0.05) is 20.3 Å². The number of aromatic nitrogens is 2. The second-order valence-electron chi connectivity index (χ2n) is 3.38. The predicted molar refractivity (Wildman–Crippen MR) is 56.7 cm³/mol. The lowest BCUT2D eigenvalue weighted by atomic mass is 10.1. The summed E-state index contributed by atoms with van der Waals surface area (Å²) in [6.07, 6.45) is 2.26. The molecule has 0 saturated carbocycles. The lowest BCUT2D eigenvalue weighted by Gasteiger charge is -2.10. The highest BCUT2D eigenvalue weighted by Gasteiger charge is 2.13. The highest BCUT2D eigenvalue weighted by atomic mass is 16.3. The van der Waals surface area contributed by atoms with Gasteiger partial charge in [-0.05, 0) is 6.42 Å². The van der Waals surface area contributed by atoms with Crippen LogP contribution in [0.4, 0.5) is 0 Å². The molecule has 82 valence electrons. The molecule has 0 fully saturated rings. The maximum Gasteiger partial charge on any atom is 0.330 e. The maximum absolute atomic E-state index is 11.6. The molecule has 1 unspecified atom stereocenters. The van der Waals surface area contributed by atoms with Crippen molar-refractivity contribution in [1.29, 1.82) is 0 Å². The van der Waals surface area contributed by atoms with Crippen LogP contribution in [0.3, 0.4) is 0 Å². The fourth-order valence-corrected chi connectivity index (χ4v) is 1.35. The molecule has 15 heavy (non-hydrogen) atoms. The first kappa shape index (κ1) is 11.5. The Morgan fingerprint density at radius 3 is 2.67 bits per heavy atom. The molecule has 5 nitrogen and oxygen atoms in total. The van der Waals surface area contributed by atoms with Crippen molar-refractivity contribution in [3.63, 3.8) is 0 Å². The second kappa shape index (κ2) is 4.27. The second-order valence-corrected chi connectivity index (χ2v) is 3.38. The first-order valence-corrected chi connectivity index (χ1v) is 4.54. The van der Waals surface area contributed by atoms with E-state index in [0.717, 1.165) is 4.57 Å². The number of aliphatic hydroxyl groups excluding tert-OH is 1. The molecule has 0 saturated heterocycles. The van der Waals surface area contributed by atoms with Crippen LogP contribution < -0.4 is 11.2 Å². The molecule has 1 aromatic rings. The van der Waals surface area contributed by atoms with E-state index >= 15 is 0 Å². The molecule has 0 aliphatic heterocycles. The molecule has 5 heteroatoms. The Morgan fingerprint density at radius 2 is 2.13 bits per heavy atom. The Balaban J connectivity index is 3.38. The Bertz CT molecular complexity index is 484. The van der Waals surface area contributed by atoms with Gasteiger partial charge in [0.1, 0.15) is 0 Å². The Morgan fingerprint density at radius 1 is 1.53 bits per heavy atom. The molecule has 0 amide bonds. The maximum atomic E-state index is 11.6. The minimum atomic E-state index is -0.909. The van der Waals surface area contributed by atoms with Gasteiger partial charge in [-0.15, -0.1) is 6.58 Å². The summed E-state index contributed by atoms with van der Waals surface area (Å²) in [5.41, 5.74) is -0.665. The topological polar surface area (TPSA) is 64.2 Å². The number of nitrogens with zero attached hydrogens (tertiary/aromatic N) is 2. The van der Waals surface area contributed by atoms with Crippen LogP contribution in [-0.2, 0) is 14.1 Å². The van der Waals surface area contributed by atoms with Crippen LogP contribution in [0.2, 0.25) is 0 Å². The molecule has 0 aromatic carbocycles. The van der Waals surface area contributed by atoms with Crippen LogP contribution >= 0.6 is 0 Å². The lowest BCUT2D eigenvalue weighted by molar-refractivity contribution is 0.178. The third kappa shape index (κ3) is 2.07. The molecule has 0 aliphatic carbocycles. The molecule has 1 aromatic heterocycles. The smallest absolute Gasteiger partial charge is 0.330 e. The monoisotopic (exact) mass is 210 g/mol. The summed E-state index contributed by atoms with van der Waals surface area (Å²) >= 11 is 0. The van der Waals surface area contributed by atoms with Gasteiger partial charge in [0.25, 0.3) is 5.56 Å². The van der Waals surface area contributed by atoms with Crippen LogP contribution in [-0.4, -0.2) is 14.2 Å². The summed E-state index contributed by atoms with van der Waals surface area (Å²) in [5.74, 6) is 0. The SMILES string of the molecule is C=CCC(O)c1cn(C)c(=O)n(C)c1=O. The van der Waals surface area contributed by atoms with E-state index in [1.165, 1.54) is 30.9 Å². The van der Waals surface area contributed by atoms with Gasteiger partial charge in [-0.2, -0.15) is 0 Å². The lowest BCUT2D eigenvalue weighted by Crippen LogP contribution is -2.39. The normalized spacial score (nSPS) is 12.5. The van der Waals surface area contributed by atoms with Gasteiger partial charge in [-0.25, -0.2) is 4.79 Å². The zero-order valence-electron chi connectivity index (χ0n) is 8.80. The van der Waals surface area contributed by atoms with Gasteiger partial charge >= 0.3 is 5.69 Å². The molecule has 0 aliphatic rings. The van der Waals surface area contributed by atoms with Gasteiger partial charge in [0.2, 0.25) is 0 Å². The van der Waals surface area contributed by atoms with Crippen LogP contribution in [0.15, 0.2) is 28.4 Å². The molecule has 0 spiro atoms. The predicted octanol–water partition coefficient (Wildman–Crippen LogP) is -0.307. The highest BCUT2D eigenvalue weighted by Crippen LogP contribution is 2.10. The highest BCUT2D eigenvalue weighted by molar-refractivity contribution is 5.10. The Labute approximate surface area is 86.9 Å². The Kier molecular flexibility index (Phi) is 3.26. The van der Waals surface area contributed by atoms with Gasteiger partial charge in [0.15, 0.2) is 0 Å². The van der Waals surface area contributed by atoms with Crippen molar-refractivity contribution in [2.45, 2.75) is 12.5 Å². The molecule has 1 atom stereocenters. The van der Waals surface area contributed by atoms with E-state index in [1.54, 1.807) is 0 Å². The molecule has 1 heterocycles. The standard InChI is InChI=1S/C10H14N2O3/c1-4-5-8(13)7-6-11(2)10(15)12(3)9(7)14/h4,6,8,13H,1,5H2,2-3H3. The first-order chi connectivity index (χ1) is 6.99. The van der Waals surface area contributed by atoms with Crippen molar-refractivity contribution in [3.8, 4) is 0 Å². The Hall–Kier alpha value is -1.62.